The molecular formula is C26H30N4O2. The van der Waals surface area contributed by atoms with Gasteiger partial charge < -0.3 is 14.5 Å². The normalized spacial score (nSPS) is 14.8. The summed E-state index contributed by atoms with van der Waals surface area (Å²) in [4.78, 5) is 21.2. The topological polar surface area (TPSA) is 50.6 Å². The molecule has 6 nitrogen and oxygen atoms in total. The lowest BCUT2D eigenvalue weighted by atomic mass is 10.1. The molecule has 1 fully saturated rings. The maximum atomic E-state index is 11.9. The number of carbonyl (C=O) groups is 1. The highest BCUT2D eigenvalue weighted by molar-refractivity contribution is 5.94. The van der Waals surface area contributed by atoms with Crippen molar-refractivity contribution in [3.8, 4) is 17.5 Å². The summed E-state index contributed by atoms with van der Waals surface area (Å²) < 4.78 is 6.80. The van der Waals surface area contributed by atoms with Crippen molar-refractivity contribution >= 4 is 17.0 Å². The average molecular weight is 431 g/mol. The first-order chi connectivity index (χ1) is 15.6. The van der Waals surface area contributed by atoms with Crippen LogP contribution >= 0.6 is 0 Å². The largest absolute Gasteiger partial charge is 0.465 e. The van der Waals surface area contributed by atoms with E-state index in [1.54, 1.807) is 12.4 Å². The molecule has 0 saturated carbocycles. The van der Waals surface area contributed by atoms with Crippen molar-refractivity contribution < 1.29 is 9.53 Å². The van der Waals surface area contributed by atoms with Gasteiger partial charge in [0.1, 0.15) is 6.33 Å². The molecule has 32 heavy (non-hydrogen) atoms. The lowest BCUT2D eigenvalue weighted by Crippen LogP contribution is -2.44. The van der Waals surface area contributed by atoms with Gasteiger partial charge in [-0.05, 0) is 68.9 Å². The van der Waals surface area contributed by atoms with Gasteiger partial charge in [0, 0.05) is 43.9 Å². The van der Waals surface area contributed by atoms with Crippen molar-refractivity contribution in [1.82, 2.24) is 19.4 Å². The molecule has 2 aromatic carbocycles. The molecule has 0 atom stereocenters. The second kappa shape index (κ2) is 10.4. The standard InChI is InChI=1S/C26H30N4O2/c1-28-15-17-29(18-16-28)14-6-4-3-5-7-21-8-11-23(12-9-21)30-20-27-24-13-10-22(19-25(24)30)26(31)32-2/h8-13,19-20H,3-4,6,14-18H2,1-2H3. The summed E-state index contributed by atoms with van der Waals surface area (Å²) in [6.07, 6.45) is 5.05. The highest BCUT2D eigenvalue weighted by atomic mass is 16.5. The molecule has 1 aliphatic rings. The van der Waals surface area contributed by atoms with Crippen LogP contribution < -0.4 is 0 Å². The van der Waals surface area contributed by atoms with Gasteiger partial charge in [-0.15, -0.1) is 0 Å². The van der Waals surface area contributed by atoms with Gasteiger partial charge in [-0.2, -0.15) is 0 Å². The Hall–Kier alpha value is -3.14. The van der Waals surface area contributed by atoms with Crippen LogP contribution in [0.5, 0.6) is 0 Å². The quantitative estimate of drug-likeness (QED) is 0.340. The minimum absolute atomic E-state index is 0.353. The molecule has 0 radical (unpaired) electrons. The molecule has 0 aliphatic carbocycles. The van der Waals surface area contributed by atoms with Crippen molar-refractivity contribution in [2.24, 2.45) is 0 Å². The first-order valence-corrected chi connectivity index (χ1v) is 11.2. The Bertz CT molecular complexity index is 1120. The molecule has 0 unspecified atom stereocenters. The maximum Gasteiger partial charge on any atom is 0.337 e. The highest BCUT2D eigenvalue weighted by Gasteiger charge is 2.12. The number of likely N-dealkylation sites (N-methyl/N-ethyl adjacent to an activating group) is 1. The molecule has 0 bridgehead atoms. The van der Waals surface area contributed by atoms with Crippen LogP contribution in [0.25, 0.3) is 16.7 Å². The van der Waals surface area contributed by atoms with Gasteiger partial charge in [-0.25, -0.2) is 9.78 Å². The molecule has 166 valence electrons. The Balaban J connectivity index is 1.32. The smallest absolute Gasteiger partial charge is 0.337 e. The second-order valence-corrected chi connectivity index (χ2v) is 8.26. The Labute approximate surface area is 189 Å². The molecule has 6 heteroatoms. The zero-order valence-electron chi connectivity index (χ0n) is 18.9. The first-order valence-electron chi connectivity index (χ1n) is 11.2. The van der Waals surface area contributed by atoms with Crippen molar-refractivity contribution in [3.63, 3.8) is 0 Å². The third-order valence-electron chi connectivity index (χ3n) is 5.97. The van der Waals surface area contributed by atoms with Gasteiger partial charge in [-0.1, -0.05) is 11.8 Å². The maximum absolute atomic E-state index is 11.9. The summed E-state index contributed by atoms with van der Waals surface area (Å²) in [5.41, 5.74) is 4.20. The number of rotatable bonds is 6. The minimum Gasteiger partial charge on any atom is -0.465 e. The van der Waals surface area contributed by atoms with Gasteiger partial charge in [-0.3, -0.25) is 4.57 Å². The van der Waals surface area contributed by atoms with Crippen molar-refractivity contribution in [3.05, 3.63) is 59.9 Å². The van der Waals surface area contributed by atoms with E-state index in [0.29, 0.717) is 5.56 Å². The Morgan fingerprint density at radius 1 is 1.06 bits per heavy atom. The number of benzene rings is 2. The van der Waals surface area contributed by atoms with Crippen molar-refractivity contribution in [2.45, 2.75) is 19.3 Å². The number of aromatic nitrogens is 2. The number of carbonyl (C=O) groups excluding carboxylic acids is 1. The van der Waals surface area contributed by atoms with E-state index in [1.807, 2.05) is 41.0 Å². The summed E-state index contributed by atoms with van der Waals surface area (Å²) in [6, 6.07) is 13.5. The third kappa shape index (κ3) is 5.37. The van der Waals surface area contributed by atoms with E-state index >= 15 is 0 Å². The first kappa shape index (κ1) is 22.1. The van der Waals surface area contributed by atoms with Crippen LogP contribution in [0.1, 0.15) is 35.2 Å². The second-order valence-electron chi connectivity index (χ2n) is 8.26. The van der Waals surface area contributed by atoms with Crippen LogP contribution in [0.4, 0.5) is 0 Å². The summed E-state index contributed by atoms with van der Waals surface area (Å²) in [5, 5.41) is 0. The number of ether oxygens (including phenoxy) is 1. The van der Waals surface area contributed by atoms with Crippen LogP contribution in [0.15, 0.2) is 48.8 Å². The molecule has 1 aromatic heterocycles. The van der Waals surface area contributed by atoms with E-state index in [0.717, 1.165) is 35.1 Å². The van der Waals surface area contributed by atoms with E-state index in [-0.39, 0.29) is 5.97 Å². The molecule has 1 aliphatic heterocycles. The lowest BCUT2D eigenvalue weighted by molar-refractivity contribution is 0.0601. The number of methoxy groups -OCH3 is 1. The monoisotopic (exact) mass is 430 g/mol. The molecule has 1 saturated heterocycles. The molecule has 2 heterocycles. The van der Waals surface area contributed by atoms with Crippen LogP contribution in [0.3, 0.4) is 0 Å². The molecule has 0 amide bonds. The van der Waals surface area contributed by atoms with E-state index < -0.39 is 0 Å². The van der Waals surface area contributed by atoms with Gasteiger partial charge >= 0.3 is 5.97 Å². The van der Waals surface area contributed by atoms with Crippen molar-refractivity contribution in [2.75, 3.05) is 46.9 Å². The SMILES string of the molecule is COC(=O)c1ccc2ncn(-c3ccc(C#CCCCCN4CCN(C)CC4)cc3)c2c1. The number of unbranched alkanes of at least 4 members (excludes halogenated alkanes) is 2. The predicted octanol–water partition coefficient (Wildman–Crippen LogP) is 3.58. The van der Waals surface area contributed by atoms with Crippen molar-refractivity contribution in [1.29, 1.82) is 0 Å². The van der Waals surface area contributed by atoms with Crippen LogP contribution in [-0.4, -0.2) is 72.2 Å². The van der Waals surface area contributed by atoms with Crippen LogP contribution in [-0.2, 0) is 4.74 Å². The molecule has 0 N–H and O–H groups in total. The summed E-state index contributed by atoms with van der Waals surface area (Å²) >= 11 is 0. The molecular weight excluding hydrogens is 400 g/mol. The minimum atomic E-state index is -0.353. The summed E-state index contributed by atoms with van der Waals surface area (Å²) in [5.74, 6) is 6.23. The van der Waals surface area contributed by atoms with Crippen LogP contribution in [0, 0.1) is 11.8 Å². The van der Waals surface area contributed by atoms with E-state index in [4.69, 9.17) is 4.74 Å². The molecule has 4 rings (SSSR count). The number of hydrogen-bond acceptors (Lipinski definition) is 5. The zero-order valence-corrected chi connectivity index (χ0v) is 18.9. The zero-order chi connectivity index (χ0) is 22.3. The van der Waals surface area contributed by atoms with Gasteiger partial charge in [0.15, 0.2) is 0 Å². The third-order valence-corrected chi connectivity index (χ3v) is 5.97. The number of nitrogens with zero attached hydrogens (tertiary/aromatic N) is 4. The average Bonchev–Trinajstić information content (AvgIpc) is 3.25. The predicted molar refractivity (Wildman–Crippen MR) is 127 cm³/mol. The van der Waals surface area contributed by atoms with Gasteiger partial charge in [0.25, 0.3) is 0 Å². The highest BCUT2D eigenvalue weighted by Crippen LogP contribution is 2.20. The fourth-order valence-electron chi connectivity index (χ4n) is 3.95. The number of fused-ring (bicyclic) bond motifs is 1. The van der Waals surface area contributed by atoms with Crippen LogP contribution in [0.2, 0.25) is 0 Å². The molecule has 3 aromatic rings. The Morgan fingerprint density at radius 3 is 2.59 bits per heavy atom. The van der Waals surface area contributed by atoms with E-state index in [1.165, 1.54) is 46.3 Å². The number of esters is 1. The van der Waals surface area contributed by atoms with E-state index in [2.05, 4.69) is 33.7 Å². The Morgan fingerprint density at radius 2 is 1.84 bits per heavy atom. The van der Waals surface area contributed by atoms with E-state index in [9.17, 15) is 4.79 Å². The fourth-order valence-corrected chi connectivity index (χ4v) is 3.95. The summed E-state index contributed by atoms with van der Waals surface area (Å²) in [7, 11) is 3.58. The fraction of sp³-hybridized carbons (Fsp3) is 0.385. The Kier molecular flexibility index (Phi) is 7.21. The number of imidazole rings is 1. The lowest BCUT2D eigenvalue weighted by Gasteiger charge is -2.32. The number of hydrogen-bond donors (Lipinski definition) is 0. The summed E-state index contributed by atoms with van der Waals surface area (Å²) in [6.45, 7) is 5.91. The molecule has 0 spiro atoms. The van der Waals surface area contributed by atoms with Gasteiger partial charge in [0.05, 0.1) is 23.7 Å². The number of piperazine rings is 1. The van der Waals surface area contributed by atoms with Gasteiger partial charge in [0.2, 0.25) is 0 Å².